The van der Waals surface area contributed by atoms with Gasteiger partial charge in [-0.05, 0) is 30.9 Å². The van der Waals surface area contributed by atoms with E-state index in [1.54, 1.807) is 22.0 Å². The molecule has 2 aromatic rings. The maximum absolute atomic E-state index is 14.8. The largest absolute Gasteiger partial charge is 0.394 e. The molecule has 1 N–H and O–H groups in total. The summed E-state index contributed by atoms with van der Waals surface area (Å²) >= 11 is 3.79. The van der Waals surface area contributed by atoms with Gasteiger partial charge in [0.15, 0.2) is 0 Å². The molecule has 0 aromatic heterocycles. The molecule has 3 heterocycles. The molecule has 45 heavy (non-hydrogen) atoms. The molecule has 0 aliphatic carbocycles. The molecule has 1 spiro atoms. The minimum absolute atomic E-state index is 0.109. The molecule has 0 saturated carbocycles. The summed E-state index contributed by atoms with van der Waals surface area (Å²) in [5.74, 6) is -2.48. The lowest BCUT2D eigenvalue weighted by Gasteiger charge is -2.41. The zero-order valence-corrected chi connectivity index (χ0v) is 27.7. The third-order valence-corrected chi connectivity index (χ3v) is 10.5. The Balaban J connectivity index is 1.61. The van der Waals surface area contributed by atoms with Gasteiger partial charge in [0, 0.05) is 30.5 Å². The lowest BCUT2D eigenvalue weighted by Crippen LogP contribution is -2.59. The van der Waals surface area contributed by atoms with E-state index >= 15 is 0 Å². The number of rotatable bonds is 14. The molecule has 3 aliphatic rings. The van der Waals surface area contributed by atoms with Crippen molar-refractivity contribution < 1.29 is 24.2 Å². The molecule has 4 unspecified atom stereocenters. The van der Waals surface area contributed by atoms with Crippen LogP contribution in [0.15, 0.2) is 86.0 Å². The summed E-state index contributed by atoms with van der Waals surface area (Å²) in [5.41, 5.74) is 0.432. The van der Waals surface area contributed by atoms with Crippen molar-refractivity contribution in [3.63, 3.8) is 0 Å². The first-order valence-electron chi connectivity index (χ1n) is 15.9. The normalized spacial score (nSPS) is 28.0. The van der Waals surface area contributed by atoms with Gasteiger partial charge in [0.2, 0.25) is 17.7 Å². The van der Waals surface area contributed by atoms with Crippen LogP contribution in [0.25, 0.3) is 0 Å². The second-order valence-electron chi connectivity index (χ2n) is 12.4. The summed E-state index contributed by atoms with van der Waals surface area (Å²) in [6, 6.07) is 17.0. The average Bonchev–Trinajstić information content (AvgIpc) is 3.64. The minimum Gasteiger partial charge on any atom is -0.394 e. The number of nitrogens with zero attached hydrogens (tertiary/aromatic N) is 3. The molecule has 8 nitrogen and oxygen atoms in total. The van der Waals surface area contributed by atoms with Crippen molar-refractivity contribution >= 4 is 33.7 Å². The van der Waals surface area contributed by atoms with Crippen LogP contribution >= 0.6 is 15.9 Å². The molecule has 0 radical (unpaired) electrons. The highest BCUT2D eigenvalue weighted by atomic mass is 79.9. The Hall–Kier alpha value is -3.27. The number of fused-ring (bicyclic) bond motifs is 1. The highest BCUT2D eigenvalue weighted by molar-refractivity contribution is 9.09. The zero-order chi connectivity index (χ0) is 32.3. The van der Waals surface area contributed by atoms with Crippen molar-refractivity contribution in [1.29, 1.82) is 0 Å². The van der Waals surface area contributed by atoms with E-state index in [0.717, 1.165) is 18.4 Å². The van der Waals surface area contributed by atoms with E-state index in [2.05, 4.69) is 36.0 Å². The fourth-order valence-electron chi connectivity index (χ4n) is 7.75. The number of aliphatic hydroxyl groups is 1. The first-order valence-corrected chi connectivity index (χ1v) is 16.8. The molecule has 240 valence electrons. The van der Waals surface area contributed by atoms with Crippen LogP contribution in [0.3, 0.4) is 0 Å². The number of hydrogen-bond donors (Lipinski definition) is 1. The SMILES string of the molecule is C=CCN(Cc1ccccc1)C(=O)[C@H]1[C@H]2C(=O)N([C@H](CO)c3ccccc3)C(C(=O)N(CC=C)C(C)CCC)C23CC(Br)[C@@H]1O3. The van der Waals surface area contributed by atoms with E-state index < -0.39 is 35.6 Å². The number of hydrogen-bond acceptors (Lipinski definition) is 5. The van der Waals surface area contributed by atoms with Crippen LogP contribution in [0.1, 0.15) is 50.3 Å². The molecule has 3 saturated heterocycles. The molecule has 8 atom stereocenters. The van der Waals surface area contributed by atoms with Crippen molar-refractivity contribution in [2.24, 2.45) is 11.8 Å². The molecular weight excluding hydrogens is 634 g/mol. The molecular formula is C36H44BrN3O5. The first kappa shape index (κ1) is 33.1. The third-order valence-electron chi connectivity index (χ3n) is 9.66. The van der Waals surface area contributed by atoms with Gasteiger partial charge in [0.1, 0.15) is 11.6 Å². The van der Waals surface area contributed by atoms with Gasteiger partial charge in [-0.2, -0.15) is 0 Å². The fourth-order valence-corrected chi connectivity index (χ4v) is 8.70. The lowest BCUT2D eigenvalue weighted by molar-refractivity contribution is -0.153. The third kappa shape index (κ3) is 5.90. The Labute approximate surface area is 274 Å². The van der Waals surface area contributed by atoms with Crippen LogP contribution in [0.5, 0.6) is 0 Å². The van der Waals surface area contributed by atoms with Crippen molar-refractivity contribution in [1.82, 2.24) is 14.7 Å². The van der Waals surface area contributed by atoms with Gasteiger partial charge in [-0.25, -0.2) is 0 Å². The Morgan fingerprint density at radius 3 is 2.33 bits per heavy atom. The van der Waals surface area contributed by atoms with Gasteiger partial charge in [-0.3, -0.25) is 14.4 Å². The summed E-state index contributed by atoms with van der Waals surface area (Å²) in [6.07, 6.45) is 4.85. The molecule has 5 rings (SSSR count). The minimum atomic E-state index is -1.24. The fraction of sp³-hybridized carbons (Fsp3) is 0.472. The summed E-state index contributed by atoms with van der Waals surface area (Å²) in [4.78, 5) is 49.0. The first-order chi connectivity index (χ1) is 21.7. The number of carbonyl (C=O) groups excluding carboxylic acids is 3. The molecule has 2 aromatic carbocycles. The number of carbonyl (C=O) groups is 3. The second kappa shape index (κ2) is 14.0. The molecule has 9 heteroatoms. The van der Waals surface area contributed by atoms with Crippen molar-refractivity contribution in [2.45, 2.75) is 74.3 Å². The van der Waals surface area contributed by atoms with Gasteiger partial charge >= 0.3 is 0 Å². The Kier molecular flexibility index (Phi) is 10.3. The molecule has 3 amide bonds. The van der Waals surface area contributed by atoms with Gasteiger partial charge in [0.25, 0.3) is 0 Å². The van der Waals surface area contributed by atoms with E-state index in [0.29, 0.717) is 31.6 Å². The molecule has 3 aliphatic heterocycles. The lowest BCUT2D eigenvalue weighted by atomic mass is 9.70. The monoisotopic (exact) mass is 677 g/mol. The number of likely N-dealkylation sites (tertiary alicyclic amines) is 1. The quantitative estimate of drug-likeness (QED) is 0.227. The van der Waals surface area contributed by atoms with Crippen LogP contribution in [0.4, 0.5) is 0 Å². The number of ether oxygens (including phenoxy) is 1. The van der Waals surface area contributed by atoms with Crippen molar-refractivity contribution in [2.75, 3.05) is 19.7 Å². The van der Waals surface area contributed by atoms with E-state index in [9.17, 15) is 19.5 Å². The standard InChI is InChI=1S/C36H44BrN3O5/c1-5-14-24(4)39(20-7-3)35(44)32-36-21-27(37)31(45-36)29(33(42)38(19-6-2)22-25-15-10-8-11-16-25)30(36)34(43)40(32)28(23-41)26-17-12-9-13-18-26/h6-13,15-18,24,27-32,41H,2-3,5,14,19-23H2,1,4H3/t24?,27?,28-,29+,30+,31+,32?,36?/m1/s1. The average molecular weight is 679 g/mol. The van der Waals surface area contributed by atoms with Crippen LogP contribution in [-0.4, -0.2) is 85.8 Å². The summed E-state index contributed by atoms with van der Waals surface area (Å²) in [7, 11) is 0. The van der Waals surface area contributed by atoms with Crippen LogP contribution in [0.2, 0.25) is 0 Å². The van der Waals surface area contributed by atoms with Gasteiger partial charge < -0.3 is 24.5 Å². The predicted molar refractivity (Wildman–Crippen MR) is 177 cm³/mol. The predicted octanol–water partition coefficient (Wildman–Crippen LogP) is 4.89. The van der Waals surface area contributed by atoms with E-state index in [4.69, 9.17) is 4.74 Å². The number of halogens is 1. The topological polar surface area (TPSA) is 90.4 Å². The summed E-state index contributed by atoms with van der Waals surface area (Å²) < 4.78 is 6.80. The van der Waals surface area contributed by atoms with E-state index in [-0.39, 0.29) is 35.2 Å². The highest BCUT2D eigenvalue weighted by Gasteiger charge is 2.77. The Morgan fingerprint density at radius 2 is 1.73 bits per heavy atom. The van der Waals surface area contributed by atoms with Gasteiger partial charge in [0.05, 0.1) is 30.6 Å². The van der Waals surface area contributed by atoms with Crippen molar-refractivity contribution in [3.05, 3.63) is 97.1 Å². The van der Waals surface area contributed by atoms with Crippen LogP contribution < -0.4 is 0 Å². The number of amides is 3. The molecule has 2 bridgehead atoms. The van der Waals surface area contributed by atoms with Crippen molar-refractivity contribution in [3.8, 4) is 0 Å². The Morgan fingerprint density at radius 1 is 1.09 bits per heavy atom. The van der Waals surface area contributed by atoms with Crippen LogP contribution in [0, 0.1) is 11.8 Å². The summed E-state index contributed by atoms with van der Waals surface area (Å²) in [5, 5.41) is 10.8. The number of alkyl halides is 1. The van der Waals surface area contributed by atoms with E-state index in [1.807, 2.05) is 67.6 Å². The number of benzene rings is 2. The molecule has 3 fully saturated rings. The second-order valence-corrected chi connectivity index (χ2v) is 13.6. The number of aliphatic hydroxyl groups excluding tert-OH is 1. The van der Waals surface area contributed by atoms with Gasteiger partial charge in [-0.1, -0.05) is 102 Å². The summed E-state index contributed by atoms with van der Waals surface area (Å²) in [6.45, 7) is 12.4. The van der Waals surface area contributed by atoms with Gasteiger partial charge in [-0.15, -0.1) is 13.2 Å². The van der Waals surface area contributed by atoms with E-state index in [1.165, 1.54) is 4.90 Å². The Bertz CT molecular complexity index is 1390. The van der Waals surface area contributed by atoms with Crippen LogP contribution in [-0.2, 0) is 25.7 Å². The smallest absolute Gasteiger partial charge is 0.248 e. The highest BCUT2D eigenvalue weighted by Crippen LogP contribution is 2.61. The maximum atomic E-state index is 14.8. The maximum Gasteiger partial charge on any atom is 0.248 e. The zero-order valence-electron chi connectivity index (χ0n) is 26.1.